The minimum absolute atomic E-state index is 0.0141. The highest BCUT2D eigenvalue weighted by molar-refractivity contribution is 5.78. The molecule has 2 heterocycles. The van der Waals surface area contributed by atoms with Gasteiger partial charge in [-0.3, -0.25) is 9.53 Å². The van der Waals surface area contributed by atoms with E-state index in [1.165, 1.54) is 0 Å². The molecule has 1 aromatic carbocycles. The van der Waals surface area contributed by atoms with E-state index in [9.17, 15) is 39.9 Å². The van der Waals surface area contributed by atoms with Crippen molar-refractivity contribution in [2.24, 2.45) is 0 Å². The number of carbonyl (C=O) groups excluding carboxylic acids is 1. The molecule has 1 saturated heterocycles. The van der Waals surface area contributed by atoms with Gasteiger partial charge in [-0.1, -0.05) is 0 Å². The maximum Gasteiger partial charge on any atom is 0.522 e. The fourth-order valence-electron chi connectivity index (χ4n) is 3.81. The number of amides is 1. The number of alkyl halides is 8. The first kappa shape index (κ1) is 27.0. The fourth-order valence-corrected chi connectivity index (χ4v) is 3.81. The molecule has 2 fully saturated rings. The summed E-state index contributed by atoms with van der Waals surface area (Å²) in [5, 5.41) is 9.43. The number of hydrogen-bond donors (Lipinski definition) is 1. The lowest BCUT2D eigenvalue weighted by Gasteiger charge is -2.35. The number of ether oxygens (including phenoxy) is 3. The Morgan fingerprint density at radius 2 is 1.70 bits per heavy atom. The van der Waals surface area contributed by atoms with Crippen molar-refractivity contribution in [1.29, 1.82) is 0 Å². The Bertz CT molecular complexity index is 1080. The van der Waals surface area contributed by atoms with Crippen LogP contribution in [-0.2, 0) is 20.4 Å². The van der Waals surface area contributed by atoms with Crippen molar-refractivity contribution in [2.75, 3.05) is 13.2 Å². The van der Waals surface area contributed by atoms with Crippen molar-refractivity contribution >= 4 is 5.91 Å². The SMILES string of the molecule is O=C(COc1ccc(C(F)(F)F)cc1)N[C@@H]1CO[C@@H](c2nnc([C@H]3C[C@@H](OC(F)(F)F)C3)o2)CC1(F)F. The number of nitrogens with zero attached hydrogens (tertiary/aromatic N) is 2. The summed E-state index contributed by atoms with van der Waals surface area (Å²) in [5.41, 5.74) is -0.918. The van der Waals surface area contributed by atoms with Gasteiger partial charge in [0.15, 0.2) is 6.61 Å². The third-order valence-corrected chi connectivity index (χ3v) is 5.79. The summed E-state index contributed by atoms with van der Waals surface area (Å²) in [7, 11) is 0. The summed E-state index contributed by atoms with van der Waals surface area (Å²) in [5.74, 6) is -5.28. The van der Waals surface area contributed by atoms with Crippen LogP contribution in [0.5, 0.6) is 5.75 Å². The number of carbonyl (C=O) groups is 1. The topological polar surface area (TPSA) is 95.7 Å². The molecule has 2 aliphatic rings. The van der Waals surface area contributed by atoms with Gasteiger partial charge < -0.3 is 19.2 Å². The zero-order chi connectivity index (χ0) is 27.0. The quantitative estimate of drug-likeness (QED) is 0.511. The number of nitrogens with one attached hydrogen (secondary N) is 1. The minimum Gasteiger partial charge on any atom is -0.484 e. The highest BCUT2D eigenvalue weighted by Gasteiger charge is 2.49. The number of aromatic nitrogens is 2. The second-order valence-electron chi connectivity index (χ2n) is 8.55. The van der Waals surface area contributed by atoms with Crippen LogP contribution in [0, 0.1) is 0 Å². The molecule has 0 unspecified atom stereocenters. The number of rotatable bonds is 7. The van der Waals surface area contributed by atoms with Crippen LogP contribution in [0.3, 0.4) is 0 Å². The molecule has 2 aromatic rings. The van der Waals surface area contributed by atoms with Crippen molar-refractivity contribution in [1.82, 2.24) is 15.5 Å². The Morgan fingerprint density at radius 1 is 1.05 bits per heavy atom. The first-order valence-corrected chi connectivity index (χ1v) is 10.9. The first-order valence-electron chi connectivity index (χ1n) is 10.9. The van der Waals surface area contributed by atoms with Crippen LogP contribution in [0.15, 0.2) is 28.7 Å². The van der Waals surface area contributed by atoms with E-state index in [1.54, 1.807) is 0 Å². The highest BCUT2D eigenvalue weighted by Crippen LogP contribution is 2.43. The zero-order valence-corrected chi connectivity index (χ0v) is 18.6. The molecular weight excluding hydrogens is 526 g/mol. The zero-order valence-electron chi connectivity index (χ0n) is 18.6. The lowest BCUT2D eigenvalue weighted by molar-refractivity contribution is -0.352. The highest BCUT2D eigenvalue weighted by atomic mass is 19.4. The Kier molecular flexibility index (Phi) is 7.34. The number of hydrogen-bond acceptors (Lipinski definition) is 7. The standard InChI is InChI=1S/C21H19F8N3O5/c22-19(23)7-14(18-32-31-17(36-18)10-5-13(6-10)37-21(27,28)29)35-8-15(19)30-16(33)9-34-12-3-1-11(2-4-12)20(24,25)26/h1-4,10,13-15H,5-9H2,(H,30,33)/t10-,13+,14-,15-/m1/s1. The predicted octanol–water partition coefficient (Wildman–Crippen LogP) is 4.53. The van der Waals surface area contributed by atoms with Gasteiger partial charge in [-0.25, -0.2) is 8.78 Å². The van der Waals surface area contributed by atoms with Gasteiger partial charge in [0.25, 0.3) is 11.8 Å². The van der Waals surface area contributed by atoms with Gasteiger partial charge >= 0.3 is 12.5 Å². The van der Waals surface area contributed by atoms with Gasteiger partial charge in [-0.2, -0.15) is 13.2 Å². The second-order valence-corrected chi connectivity index (χ2v) is 8.55. The van der Waals surface area contributed by atoms with Crippen LogP contribution in [-0.4, -0.2) is 53.7 Å². The van der Waals surface area contributed by atoms with Crippen molar-refractivity contribution in [3.05, 3.63) is 41.6 Å². The molecule has 1 saturated carbocycles. The molecule has 0 radical (unpaired) electrons. The third-order valence-electron chi connectivity index (χ3n) is 5.79. The Balaban J connectivity index is 1.25. The molecule has 1 N–H and O–H groups in total. The lowest BCUT2D eigenvalue weighted by Crippen LogP contribution is -2.55. The molecule has 1 aliphatic heterocycles. The van der Waals surface area contributed by atoms with E-state index in [2.05, 4.69) is 20.3 Å². The third kappa shape index (κ3) is 6.85. The van der Waals surface area contributed by atoms with Gasteiger partial charge in [0.05, 0.1) is 18.3 Å². The summed E-state index contributed by atoms with van der Waals surface area (Å²) < 4.78 is 123. The molecule has 1 aliphatic carbocycles. The molecule has 204 valence electrons. The van der Waals surface area contributed by atoms with E-state index >= 15 is 0 Å². The molecule has 4 rings (SSSR count). The van der Waals surface area contributed by atoms with Crippen LogP contribution in [0.2, 0.25) is 0 Å². The maximum atomic E-state index is 14.7. The summed E-state index contributed by atoms with van der Waals surface area (Å²) >= 11 is 0. The van der Waals surface area contributed by atoms with Crippen molar-refractivity contribution in [2.45, 2.75) is 61.9 Å². The average molecular weight is 545 g/mol. The Labute approximate surface area is 203 Å². The second kappa shape index (κ2) is 10.0. The molecule has 2 atom stereocenters. The largest absolute Gasteiger partial charge is 0.522 e. The molecule has 1 amide bonds. The van der Waals surface area contributed by atoms with Crippen LogP contribution in [0.25, 0.3) is 0 Å². The Hall–Kier alpha value is -3.01. The van der Waals surface area contributed by atoms with Gasteiger partial charge in [0.2, 0.25) is 11.8 Å². The average Bonchev–Trinajstić information content (AvgIpc) is 3.24. The van der Waals surface area contributed by atoms with Crippen LogP contribution in [0.4, 0.5) is 35.1 Å². The minimum atomic E-state index is -4.77. The summed E-state index contributed by atoms with van der Waals surface area (Å²) in [6, 6.07) is 1.75. The molecule has 37 heavy (non-hydrogen) atoms. The summed E-state index contributed by atoms with van der Waals surface area (Å²) in [4.78, 5) is 12.1. The van der Waals surface area contributed by atoms with Crippen molar-refractivity contribution in [3.63, 3.8) is 0 Å². The van der Waals surface area contributed by atoms with E-state index in [0.29, 0.717) is 0 Å². The number of benzene rings is 1. The van der Waals surface area contributed by atoms with Gasteiger partial charge in [-0.05, 0) is 37.1 Å². The molecule has 16 heteroatoms. The molecule has 8 nitrogen and oxygen atoms in total. The lowest BCUT2D eigenvalue weighted by atomic mass is 9.82. The monoisotopic (exact) mass is 545 g/mol. The fraction of sp³-hybridized carbons (Fsp3) is 0.571. The van der Waals surface area contributed by atoms with E-state index in [0.717, 1.165) is 24.3 Å². The molecule has 0 bridgehead atoms. The van der Waals surface area contributed by atoms with E-state index in [-0.39, 0.29) is 30.4 Å². The van der Waals surface area contributed by atoms with Gasteiger partial charge in [0, 0.05) is 12.3 Å². The molecule has 0 spiro atoms. The van der Waals surface area contributed by atoms with Crippen LogP contribution in [0.1, 0.15) is 48.6 Å². The van der Waals surface area contributed by atoms with Crippen molar-refractivity contribution in [3.8, 4) is 5.75 Å². The normalized spacial score (nSPS) is 25.8. The van der Waals surface area contributed by atoms with Gasteiger partial charge in [0.1, 0.15) is 17.9 Å². The van der Waals surface area contributed by atoms with E-state index in [4.69, 9.17) is 13.9 Å². The maximum absolute atomic E-state index is 14.7. The smallest absolute Gasteiger partial charge is 0.484 e. The van der Waals surface area contributed by atoms with Crippen LogP contribution >= 0.6 is 0 Å². The van der Waals surface area contributed by atoms with Crippen LogP contribution < -0.4 is 10.1 Å². The van der Waals surface area contributed by atoms with Gasteiger partial charge in [-0.15, -0.1) is 23.4 Å². The molecule has 1 aromatic heterocycles. The number of halogens is 8. The van der Waals surface area contributed by atoms with Crippen molar-refractivity contribution < 1.29 is 58.5 Å². The van der Waals surface area contributed by atoms with E-state index < -0.39 is 73.7 Å². The first-order chi connectivity index (χ1) is 17.2. The molecular formula is C21H19F8N3O5. The predicted molar refractivity (Wildman–Crippen MR) is 104 cm³/mol. The Morgan fingerprint density at radius 3 is 2.30 bits per heavy atom. The van der Waals surface area contributed by atoms with E-state index in [1.807, 2.05) is 0 Å². The summed E-state index contributed by atoms with van der Waals surface area (Å²) in [6.07, 6.45) is -12.6. The summed E-state index contributed by atoms with van der Waals surface area (Å²) in [6.45, 7) is -1.36.